The standard InChI is InChI=1S/C41H72NO7P/c1-3-5-7-9-11-13-15-17-18-19-20-21-23-25-27-29-31-33-36-46-38-40(39-48-50(44,45)47-37-35-42)49-41(43)34-32-30-28-26-24-22-16-14-12-10-8-6-4-2/h13-21,23,25,27,40H,3-12,22,24,26,28-39,42H2,1-2H3,(H,44,45). The zero-order valence-electron chi connectivity index (χ0n) is 31.6. The van der Waals surface area contributed by atoms with Crippen molar-refractivity contribution in [2.75, 3.05) is 33.0 Å². The number of hydrogen-bond acceptors (Lipinski definition) is 7. The number of phosphoric ester groups is 1. The molecule has 2 unspecified atom stereocenters. The molecule has 0 aromatic heterocycles. The first-order valence-corrected chi connectivity index (χ1v) is 21.0. The highest BCUT2D eigenvalue weighted by molar-refractivity contribution is 7.47. The van der Waals surface area contributed by atoms with E-state index in [0.29, 0.717) is 13.0 Å². The van der Waals surface area contributed by atoms with Gasteiger partial charge in [-0.1, -0.05) is 145 Å². The van der Waals surface area contributed by atoms with Gasteiger partial charge in [0, 0.05) is 19.6 Å². The Morgan fingerprint density at radius 3 is 1.64 bits per heavy atom. The van der Waals surface area contributed by atoms with Gasteiger partial charge in [-0.05, 0) is 64.2 Å². The fraction of sp³-hybridized carbons (Fsp3) is 0.683. The van der Waals surface area contributed by atoms with Crippen molar-refractivity contribution in [2.24, 2.45) is 5.73 Å². The van der Waals surface area contributed by atoms with Gasteiger partial charge in [-0.3, -0.25) is 13.8 Å². The Morgan fingerprint density at radius 2 is 1.08 bits per heavy atom. The van der Waals surface area contributed by atoms with Crippen LogP contribution in [0.15, 0.2) is 72.9 Å². The minimum absolute atomic E-state index is 0.0723. The molecule has 0 aromatic carbocycles. The topological polar surface area (TPSA) is 117 Å². The highest BCUT2D eigenvalue weighted by Gasteiger charge is 2.25. The quantitative estimate of drug-likeness (QED) is 0.0216. The van der Waals surface area contributed by atoms with E-state index in [4.69, 9.17) is 24.3 Å². The molecular weight excluding hydrogens is 649 g/mol. The average Bonchev–Trinajstić information content (AvgIpc) is 3.10. The molecule has 0 amide bonds. The molecule has 0 spiro atoms. The molecule has 0 aliphatic heterocycles. The van der Waals surface area contributed by atoms with Gasteiger partial charge in [0.1, 0.15) is 6.10 Å². The largest absolute Gasteiger partial charge is 0.472 e. The zero-order chi connectivity index (χ0) is 36.6. The van der Waals surface area contributed by atoms with Crippen LogP contribution in [0.2, 0.25) is 0 Å². The summed E-state index contributed by atoms with van der Waals surface area (Å²) in [5, 5.41) is 0. The fourth-order valence-corrected chi connectivity index (χ4v) is 5.60. The molecule has 0 bridgehead atoms. The summed E-state index contributed by atoms with van der Waals surface area (Å²) in [6.07, 6.45) is 46.3. The van der Waals surface area contributed by atoms with E-state index in [9.17, 15) is 14.3 Å². The number of esters is 1. The number of unbranched alkanes of at least 4 members (excludes halogenated alkanes) is 15. The van der Waals surface area contributed by atoms with E-state index in [1.165, 1.54) is 64.2 Å². The second kappa shape index (κ2) is 38.2. The van der Waals surface area contributed by atoms with E-state index < -0.39 is 13.9 Å². The lowest BCUT2D eigenvalue weighted by molar-refractivity contribution is -0.154. The summed E-state index contributed by atoms with van der Waals surface area (Å²) < 4.78 is 33.2. The molecule has 0 fully saturated rings. The average molecular weight is 722 g/mol. The van der Waals surface area contributed by atoms with Crippen LogP contribution < -0.4 is 5.73 Å². The molecule has 8 nitrogen and oxygen atoms in total. The Labute approximate surface area is 305 Å². The van der Waals surface area contributed by atoms with E-state index in [1.54, 1.807) is 0 Å². The maximum absolute atomic E-state index is 12.5. The molecule has 0 aliphatic rings. The normalized spacial score (nSPS) is 14.4. The van der Waals surface area contributed by atoms with E-state index in [2.05, 4.69) is 50.3 Å². The van der Waals surface area contributed by atoms with Gasteiger partial charge in [0.05, 0.1) is 19.8 Å². The molecule has 3 N–H and O–H groups in total. The van der Waals surface area contributed by atoms with Crippen LogP contribution in [0.4, 0.5) is 0 Å². The molecule has 288 valence electrons. The number of ether oxygens (including phenoxy) is 2. The highest BCUT2D eigenvalue weighted by atomic mass is 31.2. The van der Waals surface area contributed by atoms with Crippen molar-refractivity contribution < 1.29 is 32.8 Å². The number of nitrogens with two attached hydrogens (primary N) is 1. The molecule has 0 heterocycles. The third-order valence-corrected chi connectivity index (χ3v) is 8.71. The monoisotopic (exact) mass is 722 g/mol. The van der Waals surface area contributed by atoms with Gasteiger partial charge < -0.3 is 20.1 Å². The zero-order valence-corrected chi connectivity index (χ0v) is 32.5. The molecule has 50 heavy (non-hydrogen) atoms. The predicted molar refractivity (Wildman–Crippen MR) is 210 cm³/mol. The Bertz CT molecular complexity index is 989. The van der Waals surface area contributed by atoms with Crippen LogP contribution in [0.25, 0.3) is 0 Å². The number of allylic oxidation sites excluding steroid dienone is 12. The third-order valence-electron chi connectivity index (χ3n) is 7.72. The molecule has 0 saturated heterocycles. The highest BCUT2D eigenvalue weighted by Crippen LogP contribution is 2.43. The van der Waals surface area contributed by atoms with Crippen LogP contribution >= 0.6 is 7.82 Å². The summed E-state index contributed by atoms with van der Waals surface area (Å²) in [7, 11) is -4.29. The van der Waals surface area contributed by atoms with E-state index in [1.807, 2.05) is 36.5 Å². The SMILES string of the molecule is CCCCCCC=CC=CC=CC=CC=CCCCCOCC(COP(=O)(O)OCCN)OC(=O)CCCCCCCC=CCCCCCC. The van der Waals surface area contributed by atoms with Crippen molar-refractivity contribution >= 4 is 13.8 Å². The maximum Gasteiger partial charge on any atom is 0.472 e. The molecular formula is C41H72NO7P. The third kappa shape index (κ3) is 37.2. The van der Waals surface area contributed by atoms with Crippen LogP contribution in [-0.4, -0.2) is 49.9 Å². The van der Waals surface area contributed by atoms with Crippen molar-refractivity contribution in [3.8, 4) is 0 Å². The first-order valence-electron chi connectivity index (χ1n) is 19.5. The van der Waals surface area contributed by atoms with Crippen LogP contribution in [-0.2, 0) is 27.9 Å². The van der Waals surface area contributed by atoms with E-state index in [-0.39, 0.29) is 32.3 Å². The minimum atomic E-state index is -4.29. The van der Waals surface area contributed by atoms with Gasteiger partial charge in [0.2, 0.25) is 0 Å². The predicted octanol–water partition coefficient (Wildman–Crippen LogP) is 11.2. The van der Waals surface area contributed by atoms with Crippen LogP contribution in [0.1, 0.15) is 142 Å². The van der Waals surface area contributed by atoms with Gasteiger partial charge >= 0.3 is 13.8 Å². The lowest BCUT2D eigenvalue weighted by Crippen LogP contribution is -2.28. The second-order valence-electron chi connectivity index (χ2n) is 12.6. The maximum atomic E-state index is 12.5. The molecule has 9 heteroatoms. The molecule has 0 radical (unpaired) electrons. The van der Waals surface area contributed by atoms with E-state index in [0.717, 1.165) is 57.8 Å². The van der Waals surface area contributed by atoms with Crippen LogP contribution in [0.5, 0.6) is 0 Å². The van der Waals surface area contributed by atoms with Gasteiger partial charge in [-0.25, -0.2) is 4.57 Å². The number of hydrogen-bond donors (Lipinski definition) is 2. The first kappa shape index (κ1) is 47.9. The molecule has 0 aliphatic carbocycles. The Kier molecular flexibility index (Phi) is 36.6. The van der Waals surface area contributed by atoms with Crippen molar-refractivity contribution in [3.05, 3.63) is 72.9 Å². The number of carbonyl (C=O) groups is 1. The molecule has 0 rings (SSSR count). The lowest BCUT2D eigenvalue weighted by Gasteiger charge is -2.20. The van der Waals surface area contributed by atoms with Gasteiger partial charge in [0.15, 0.2) is 0 Å². The van der Waals surface area contributed by atoms with Crippen LogP contribution in [0, 0.1) is 0 Å². The Morgan fingerprint density at radius 1 is 0.600 bits per heavy atom. The summed E-state index contributed by atoms with van der Waals surface area (Å²) in [6.45, 7) is 4.69. The second-order valence-corrected chi connectivity index (χ2v) is 14.0. The summed E-state index contributed by atoms with van der Waals surface area (Å²) >= 11 is 0. The number of carbonyl (C=O) groups excluding carboxylic acids is 1. The van der Waals surface area contributed by atoms with Crippen LogP contribution in [0.3, 0.4) is 0 Å². The number of rotatable bonds is 36. The van der Waals surface area contributed by atoms with Gasteiger partial charge in [-0.15, -0.1) is 0 Å². The van der Waals surface area contributed by atoms with Crippen molar-refractivity contribution in [3.63, 3.8) is 0 Å². The summed E-state index contributed by atoms with van der Waals surface area (Å²) in [5.41, 5.74) is 5.35. The molecule has 0 saturated carbocycles. The van der Waals surface area contributed by atoms with Crippen molar-refractivity contribution in [2.45, 2.75) is 148 Å². The van der Waals surface area contributed by atoms with Crippen molar-refractivity contribution in [1.82, 2.24) is 0 Å². The summed E-state index contributed by atoms with van der Waals surface area (Å²) in [5.74, 6) is -0.363. The summed E-state index contributed by atoms with van der Waals surface area (Å²) in [4.78, 5) is 22.4. The number of phosphoric acid groups is 1. The lowest BCUT2D eigenvalue weighted by atomic mass is 10.1. The first-order chi connectivity index (χ1) is 24.4. The van der Waals surface area contributed by atoms with Gasteiger partial charge in [-0.2, -0.15) is 0 Å². The Hall–Kier alpha value is -2.06. The van der Waals surface area contributed by atoms with E-state index >= 15 is 0 Å². The Balaban J connectivity index is 4.25. The minimum Gasteiger partial charge on any atom is -0.457 e. The molecule has 0 aromatic rings. The fourth-order valence-electron chi connectivity index (χ4n) is 4.83. The molecule has 2 atom stereocenters. The van der Waals surface area contributed by atoms with Crippen molar-refractivity contribution in [1.29, 1.82) is 0 Å². The smallest absolute Gasteiger partial charge is 0.457 e. The van der Waals surface area contributed by atoms with Gasteiger partial charge in [0.25, 0.3) is 0 Å². The summed E-state index contributed by atoms with van der Waals surface area (Å²) in [6, 6.07) is 0.